The minimum Gasteiger partial charge on any atom is -0.497 e. The van der Waals surface area contributed by atoms with Crippen LogP contribution >= 0.6 is 11.6 Å². The topological polar surface area (TPSA) is 35.5 Å². The predicted octanol–water partition coefficient (Wildman–Crippen LogP) is 3.02. The Morgan fingerprint density at radius 3 is 2.53 bits per heavy atom. The summed E-state index contributed by atoms with van der Waals surface area (Å²) in [6, 6.07) is 3.41. The van der Waals surface area contributed by atoms with E-state index in [9.17, 15) is 18.0 Å². The van der Waals surface area contributed by atoms with Gasteiger partial charge in [0.15, 0.2) is 5.78 Å². The fourth-order valence-corrected chi connectivity index (χ4v) is 1.28. The summed E-state index contributed by atoms with van der Waals surface area (Å²) in [5.74, 6) is -1.47. The van der Waals surface area contributed by atoms with Crippen LogP contribution in [0.15, 0.2) is 18.2 Å². The molecule has 0 saturated heterocycles. The summed E-state index contributed by atoms with van der Waals surface area (Å²) in [5, 5.41) is 0. The molecule has 0 N–H and O–H groups in total. The van der Waals surface area contributed by atoms with Gasteiger partial charge in [0.05, 0.1) is 18.6 Å². The number of rotatable bonds is 4. The van der Waals surface area contributed by atoms with Crippen molar-refractivity contribution in [2.24, 2.45) is 0 Å². The maximum atomic E-state index is 12.1. The van der Waals surface area contributed by atoms with Crippen LogP contribution in [-0.2, 0) is 0 Å². The molecule has 0 fully saturated rings. The van der Waals surface area contributed by atoms with Gasteiger partial charge in [-0.2, -0.15) is 0 Å². The molecule has 3 nitrogen and oxygen atoms in total. The molecule has 0 spiro atoms. The fraction of sp³-hybridized carbons (Fsp3) is 0.300. The molecule has 0 radical (unpaired) electrons. The van der Waals surface area contributed by atoms with Crippen molar-refractivity contribution in [2.45, 2.75) is 6.36 Å². The van der Waals surface area contributed by atoms with Crippen LogP contribution in [0.5, 0.6) is 11.5 Å². The van der Waals surface area contributed by atoms with Crippen molar-refractivity contribution in [3.8, 4) is 11.5 Å². The molecule has 0 amide bonds. The zero-order chi connectivity index (χ0) is 13.1. The average Bonchev–Trinajstić information content (AvgIpc) is 2.26. The van der Waals surface area contributed by atoms with Gasteiger partial charge in [0, 0.05) is 0 Å². The lowest BCUT2D eigenvalue weighted by molar-refractivity contribution is -0.274. The molecule has 94 valence electrons. The van der Waals surface area contributed by atoms with Crippen LogP contribution in [0, 0.1) is 0 Å². The van der Waals surface area contributed by atoms with Crippen molar-refractivity contribution in [3.05, 3.63) is 23.8 Å². The number of benzene rings is 1. The molecule has 0 atom stereocenters. The Bertz CT molecular complexity index is 418. The van der Waals surface area contributed by atoms with Gasteiger partial charge in [-0.15, -0.1) is 24.8 Å². The summed E-state index contributed by atoms with van der Waals surface area (Å²) in [7, 11) is 1.33. The molecular weight excluding hydrogens is 261 g/mol. The molecule has 0 saturated carbocycles. The zero-order valence-corrected chi connectivity index (χ0v) is 9.43. The Hall–Kier alpha value is -1.43. The van der Waals surface area contributed by atoms with Gasteiger partial charge < -0.3 is 9.47 Å². The molecule has 17 heavy (non-hydrogen) atoms. The molecule has 0 aliphatic heterocycles. The minimum atomic E-state index is -4.87. The molecule has 0 bridgehead atoms. The van der Waals surface area contributed by atoms with Gasteiger partial charge in [0.2, 0.25) is 0 Å². The first kappa shape index (κ1) is 13.6. The SMILES string of the molecule is COc1ccc(OC(F)(F)F)c(C(=O)CCl)c1. The van der Waals surface area contributed by atoms with E-state index in [1.54, 1.807) is 0 Å². The number of carbonyl (C=O) groups excluding carboxylic acids is 1. The molecule has 1 aromatic rings. The van der Waals surface area contributed by atoms with Crippen molar-refractivity contribution in [1.82, 2.24) is 0 Å². The quantitative estimate of drug-likeness (QED) is 0.622. The lowest BCUT2D eigenvalue weighted by Gasteiger charge is -2.13. The summed E-state index contributed by atoms with van der Waals surface area (Å²) >= 11 is 5.30. The largest absolute Gasteiger partial charge is 0.573 e. The van der Waals surface area contributed by atoms with Crippen LogP contribution in [-0.4, -0.2) is 25.1 Å². The molecule has 0 unspecified atom stereocenters. The van der Waals surface area contributed by atoms with Gasteiger partial charge in [-0.05, 0) is 18.2 Å². The van der Waals surface area contributed by atoms with Gasteiger partial charge in [-0.3, -0.25) is 4.79 Å². The Morgan fingerprint density at radius 1 is 1.41 bits per heavy atom. The molecule has 1 rings (SSSR count). The van der Waals surface area contributed by atoms with Gasteiger partial charge in [-0.25, -0.2) is 0 Å². The molecular formula is C10H8ClF3O3. The van der Waals surface area contributed by atoms with Crippen LogP contribution in [0.4, 0.5) is 13.2 Å². The van der Waals surface area contributed by atoms with Crippen LogP contribution < -0.4 is 9.47 Å². The van der Waals surface area contributed by atoms with E-state index in [1.165, 1.54) is 13.2 Å². The number of alkyl halides is 4. The van der Waals surface area contributed by atoms with E-state index in [0.29, 0.717) is 0 Å². The van der Waals surface area contributed by atoms with E-state index >= 15 is 0 Å². The molecule has 0 heterocycles. The van der Waals surface area contributed by atoms with Crippen LogP contribution in [0.3, 0.4) is 0 Å². The lowest BCUT2D eigenvalue weighted by Crippen LogP contribution is -2.19. The number of methoxy groups -OCH3 is 1. The first-order valence-electron chi connectivity index (χ1n) is 4.40. The second-order valence-electron chi connectivity index (χ2n) is 2.97. The summed E-state index contributed by atoms with van der Waals surface area (Å²) in [4.78, 5) is 11.4. The molecule has 0 aliphatic rings. The maximum absolute atomic E-state index is 12.1. The highest BCUT2D eigenvalue weighted by molar-refractivity contribution is 6.30. The second-order valence-corrected chi connectivity index (χ2v) is 3.23. The third kappa shape index (κ3) is 3.81. The smallest absolute Gasteiger partial charge is 0.497 e. The Morgan fingerprint density at radius 2 is 2.06 bits per heavy atom. The molecule has 1 aromatic carbocycles. The number of Topliss-reactive ketones (excluding diaryl/α,β-unsaturated/α-hetero) is 1. The van der Waals surface area contributed by atoms with Crippen LogP contribution in [0.2, 0.25) is 0 Å². The monoisotopic (exact) mass is 268 g/mol. The first-order valence-corrected chi connectivity index (χ1v) is 4.94. The average molecular weight is 269 g/mol. The van der Waals surface area contributed by atoms with Crippen molar-refractivity contribution < 1.29 is 27.4 Å². The third-order valence-corrected chi connectivity index (χ3v) is 2.08. The van der Waals surface area contributed by atoms with Crippen LogP contribution in [0.25, 0.3) is 0 Å². The number of hydrogen-bond acceptors (Lipinski definition) is 3. The zero-order valence-electron chi connectivity index (χ0n) is 8.68. The highest BCUT2D eigenvalue weighted by Crippen LogP contribution is 2.29. The summed E-state index contributed by atoms with van der Waals surface area (Å²) < 4.78 is 44.7. The van der Waals surface area contributed by atoms with E-state index in [-0.39, 0.29) is 11.3 Å². The molecule has 7 heteroatoms. The van der Waals surface area contributed by atoms with Crippen molar-refractivity contribution >= 4 is 17.4 Å². The summed E-state index contributed by atoms with van der Waals surface area (Å²) in [5.41, 5.74) is -0.267. The van der Waals surface area contributed by atoms with Crippen molar-refractivity contribution in [1.29, 1.82) is 0 Å². The minimum absolute atomic E-state index is 0.244. The van der Waals surface area contributed by atoms with E-state index in [2.05, 4.69) is 4.74 Å². The summed E-state index contributed by atoms with van der Waals surface area (Å²) in [6.07, 6.45) is -4.87. The van der Waals surface area contributed by atoms with E-state index in [0.717, 1.165) is 12.1 Å². The maximum Gasteiger partial charge on any atom is 0.573 e. The van der Waals surface area contributed by atoms with E-state index in [1.807, 2.05) is 0 Å². The van der Waals surface area contributed by atoms with Gasteiger partial charge in [-0.1, -0.05) is 0 Å². The lowest BCUT2D eigenvalue weighted by atomic mass is 10.1. The predicted molar refractivity (Wildman–Crippen MR) is 54.7 cm³/mol. The van der Waals surface area contributed by atoms with Crippen molar-refractivity contribution in [3.63, 3.8) is 0 Å². The normalized spacial score (nSPS) is 11.1. The van der Waals surface area contributed by atoms with Gasteiger partial charge in [0.1, 0.15) is 11.5 Å². The van der Waals surface area contributed by atoms with Crippen LogP contribution in [0.1, 0.15) is 10.4 Å². The Labute approximate surface area is 100 Å². The number of carbonyl (C=O) groups is 1. The Kier molecular flexibility index (Phi) is 4.22. The number of ether oxygens (including phenoxy) is 2. The first-order chi connectivity index (χ1) is 7.87. The van der Waals surface area contributed by atoms with E-state index < -0.39 is 23.8 Å². The van der Waals surface area contributed by atoms with E-state index in [4.69, 9.17) is 16.3 Å². The number of halogens is 4. The second kappa shape index (κ2) is 5.27. The number of hydrogen-bond donors (Lipinski definition) is 0. The highest BCUT2D eigenvalue weighted by Gasteiger charge is 2.32. The fourth-order valence-electron chi connectivity index (χ4n) is 1.14. The highest BCUT2D eigenvalue weighted by atomic mass is 35.5. The standard InChI is InChI=1S/C10H8ClF3O3/c1-16-6-2-3-9(17-10(12,13)14)7(4-6)8(15)5-11/h2-4H,5H2,1H3. The van der Waals surface area contributed by atoms with Crippen molar-refractivity contribution in [2.75, 3.05) is 13.0 Å². The Balaban J connectivity index is 3.15. The molecule has 0 aromatic heterocycles. The molecule has 0 aliphatic carbocycles. The third-order valence-electron chi connectivity index (χ3n) is 1.83. The summed E-state index contributed by atoms with van der Waals surface area (Å²) in [6.45, 7) is 0. The van der Waals surface area contributed by atoms with Gasteiger partial charge >= 0.3 is 6.36 Å². The van der Waals surface area contributed by atoms with Gasteiger partial charge in [0.25, 0.3) is 0 Å². The number of ketones is 1.